The molecule has 4 aliphatic rings. The van der Waals surface area contributed by atoms with Crippen molar-refractivity contribution in [3.63, 3.8) is 0 Å². The summed E-state index contributed by atoms with van der Waals surface area (Å²) in [6, 6.07) is 4.50. The van der Waals surface area contributed by atoms with Gasteiger partial charge in [0.25, 0.3) is 0 Å². The second-order valence-corrected chi connectivity index (χ2v) is 11.5. The zero-order valence-electron chi connectivity index (χ0n) is 21.7. The molecule has 0 aromatic carbocycles. The second-order valence-electron chi connectivity index (χ2n) is 11.5. The Bertz CT molecular complexity index is 1010. The van der Waals surface area contributed by atoms with E-state index >= 15 is 0 Å². The van der Waals surface area contributed by atoms with Crippen molar-refractivity contribution in [2.24, 2.45) is 5.92 Å². The number of amides is 1. The van der Waals surface area contributed by atoms with E-state index in [1.807, 2.05) is 38.7 Å². The Morgan fingerprint density at radius 1 is 1.20 bits per heavy atom. The fourth-order valence-corrected chi connectivity index (χ4v) is 5.23. The molecule has 2 saturated heterocycles. The third kappa shape index (κ3) is 4.68. The molecular weight excluding hydrogens is 443 g/mol. The Hall–Kier alpha value is -2.15. The van der Waals surface area contributed by atoms with E-state index < -0.39 is 18.3 Å². The SMILES string of the molecule is COCCC(=O)N1CCN(c2nc(C3CC3)c(B3OC(C)(C)C(C)(C)O3)cc2C#N)CC1C1CC1. The summed E-state index contributed by atoms with van der Waals surface area (Å²) in [7, 11) is 1.10. The van der Waals surface area contributed by atoms with E-state index in [1.165, 1.54) is 0 Å². The number of nitrogens with zero attached hydrogens (tertiary/aromatic N) is 4. The Balaban J connectivity index is 1.43. The van der Waals surface area contributed by atoms with Gasteiger partial charge in [-0.15, -0.1) is 0 Å². The number of piperazine rings is 1. The highest BCUT2D eigenvalue weighted by atomic mass is 16.7. The standard InChI is InChI=1S/C26H37BN4O4/c1-25(2)26(3,4)35-27(34-25)20-14-19(15-28)24(29-23(20)18-8-9-18)30-11-12-31(22(32)10-13-33-5)21(16-30)17-6-7-17/h14,17-18,21H,6-13,16H2,1-5H3. The van der Waals surface area contributed by atoms with Crippen LogP contribution in [0.3, 0.4) is 0 Å². The molecule has 3 heterocycles. The van der Waals surface area contributed by atoms with Gasteiger partial charge in [0, 0.05) is 43.8 Å². The molecule has 8 nitrogen and oxygen atoms in total. The number of nitriles is 1. The Labute approximate surface area is 209 Å². The number of pyridine rings is 1. The van der Waals surface area contributed by atoms with Gasteiger partial charge in [-0.25, -0.2) is 4.98 Å². The minimum atomic E-state index is -0.529. The van der Waals surface area contributed by atoms with Crippen molar-refractivity contribution in [1.29, 1.82) is 5.26 Å². The molecule has 0 bridgehead atoms. The molecule has 1 unspecified atom stereocenters. The molecule has 35 heavy (non-hydrogen) atoms. The first-order valence-corrected chi connectivity index (χ1v) is 13.0. The molecule has 2 aliphatic heterocycles. The molecule has 9 heteroatoms. The molecule has 0 N–H and O–H groups in total. The van der Waals surface area contributed by atoms with E-state index in [-0.39, 0.29) is 11.9 Å². The number of methoxy groups -OCH3 is 1. The van der Waals surface area contributed by atoms with Crippen molar-refractivity contribution in [2.75, 3.05) is 38.3 Å². The van der Waals surface area contributed by atoms with Crippen molar-refractivity contribution in [3.8, 4) is 6.07 Å². The van der Waals surface area contributed by atoms with Crippen molar-refractivity contribution in [2.45, 2.75) is 83.0 Å². The van der Waals surface area contributed by atoms with Crippen LogP contribution in [-0.2, 0) is 18.8 Å². The van der Waals surface area contributed by atoms with E-state index in [1.54, 1.807) is 7.11 Å². The molecule has 1 aromatic heterocycles. The van der Waals surface area contributed by atoms with E-state index in [2.05, 4.69) is 11.0 Å². The average molecular weight is 480 g/mol. The van der Waals surface area contributed by atoms with Gasteiger partial charge in [-0.2, -0.15) is 5.26 Å². The number of carbonyl (C=O) groups excluding carboxylic acids is 1. The van der Waals surface area contributed by atoms with Gasteiger partial charge in [0.1, 0.15) is 11.9 Å². The summed E-state index contributed by atoms with van der Waals surface area (Å²) in [6.07, 6.45) is 4.91. The van der Waals surface area contributed by atoms with Gasteiger partial charge in [-0.3, -0.25) is 4.79 Å². The molecule has 1 atom stereocenters. The number of ether oxygens (including phenoxy) is 1. The molecule has 2 aliphatic carbocycles. The second kappa shape index (κ2) is 9.06. The van der Waals surface area contributed by atoms with E-state index in [9.17, 15) is 10.1 Å². The lowest BCUT2D eigenvalue weighted by atomic mass is 9.76. The fourth-order valence-electron chi connectivity index (χ4n) is 5.23. The van der Waals surface area contributed by atoms with Crippen LogP contribution in [0.1, 0.15) is 77.0 Å². The van der Waals surface area contributed by atoms with E-state index in [0.717, 1.165) is 42.7 Å². The molecule has 0 radical (unpaired) electrons. The molecule has 188 valence electrons. The smallest absolute Gasteiger partial charge is 0.399 e. The summed E-state index contributed by atoms with van der Waals surface area (Å²) in [5.74, 6) is 1.81. The summed E-state index contributed by atoms with van der Waals surface area (Å²) in [4.78, 5) is 22.2. The number of rotatable bonds is 7. The van der Waals surface area contributed by atoms with E-state index in [0.29, 0.717) is 50.1 Å². The highest BCUT2D eigenvalue weighted by Crippen LogP contribution is 2.43. The molecule has 1 aromatic rings. The summed E-state index contributed by atoms with van der Waals surface area (Å²) in [5.41, 5.74) is 1.53. The first kappa shape index (κ1) is 24.5. The zero-order chi connectivity index (χ0) is 25.0. The lowest BCUT2D eigenvalue weighted by Crippen LogP contribution is -2.56. The van der Waals surface area contributed by atoms with Crippen LogP contribution in [-0.4, -0.2) is 73.5 Å². The summed E-state index contributed by atoms with van der Waals surface area (Å²) < 4.78 is 17.8. The van der Waals surface area contributed by atoms with Crippen molar-refractivity contribution in [3.05, 3.63) is 17.3 Å². The topological polar surface area (TPSA) is 87.9 Å². The van der Waals surface area contributed by atoms with Crippen molar-refractivity contribution < 1.29 is 18.8 Å². The molecule has 0 spiro atoms. The number of aromatic nitrogens is 1. The third-order valence-corrected chi connectivity index (χ3v) is 8.38. The van der Waals surface area contributed by atoms with Crippen LogP contribution in [0, 0.1) is 17.2 Å². The van der Waals surface area contributed by atoms with Crippen LogP contribution in [0.15, 0.2) is 6.07 Å². The molecule has 2 saturated carbocycles. The summed E-state index contributed by atoms with van der Waals surface area (Å²) in [6.45, 7) is 10.7. The van der Waals surface area contributed by atoms with Crippen LogP contribution in [0.25, 0.3) is 0 Å². The minimum Gasteiger partial charge on any atom is -0.399 e. The summed E-state index contributed by atoms with van der Waals surface area (Å²) >= 11 is 0. The number of hydrogen-bond acceptors (Lipinski definition) is 7. The Kier molecular flexibility index (Phi) is 6.35. The van der Waals surface area contributed by atoms with Gasteiger partial charge >= 0.3 is 7.12 Å². The summed E-state index contributed by atoms with van der Waals surface area (Å²) in [5, 5.41) is 10.1. The molecule has 5 rings (SSSR count). The molecule has 4 fully saturated rings. The highest BCUT2D eigenvalue weighted by molar-refractivity contribution is 6.62. The third-order valence-electron chi connectivity index (χ3n) is 8.38. The maximum Gasteiger partial charge on any atom is 0.496 e. The number of carbonyl (C=O) groups is 1. The predicted molar refractivity (Wildman–Crippen MR) is 134 cm³/mol. The monoisotopic (exact) mass is 480 g/mol. The average Bonchev–Trinajstić information content (AvgIpc) is 3.74. The maximum atomic E-state index is 12.8. The maximum absolute atomic E-state index is 12.8. The van der Waals surface area contributed by atoms with Gasteiger partial charge in [0.2, 0.25) is 5.91 Å². The lowest BCUT2D eigenvalue weighted by molar-refractivity contribution is -0.135. The Morgan fingerprint density at radius 3 is 2.46 bits per heavy atom. The molecule has 1 amide bonds. The van der Waals surface area contributed by atoms with Crippen LogP contribution >= 0.6 is 0 Å². The molecular formula is C26H37BN4O4. The van der Waals surface area contributed by atoms with Gasteiger partial charge < -0.3 is 23.8 Å². The van der Waals surface area contributed by atoms with Crippen LogP contribution in [0.2, 0.25) is 0 Å². The normalized spacial score (nSPS) is 25.6. The van der Waals surface area contributed by atoms with Gasteiger partial charge in [0.05, 0.1) is 35.8 Å². The lowest BCUT2D eigenvalue weighted by Gasteiger charge is -2.42. The van der Waals surface area contributed by atoms with Gasteiger partial charge in [-0.1, -0.05) is 0 Å². The van der Waals surface area contributed by atoms with Crippen molar-refractivity contribution in [1.82, 2.24) is 9.88 Å². The number of anilines is 1. The Morgan fingerprint density at radius 2 is 1.89 bits per heavy atom. The van der Waals surface area contributed by atoms with Crippen LogP contribution in [0.5, 0.6) is 0 Å². The minimum absolute atomic E-state index is 0.159. The van der Waals surface area contributed by atoms with Gasteiger partial charge in [-0.05, 0) is 65.4 Å². The van der Waals surface area contributed by atoms with Crippen LogP contribution in [0.4, 0.5) is 5.82 Å². The quantitative estimate of drug-likeness (QED) is 0.555. The number of hydrogen-bond donors (Lipinski definition) is 0. The highest BCUT2D eigenvalue weighted by Gasteiger charge is 2.53. The zero-order valence-corrected chi connectivity index (χ0v) is 21.7. The predicted octanol–water partition coefficient (Wildman–Crippen LogP) is 2.59. The van der Waals surface area contributed by atoms with Crippen LogP contribution < -0.4 is 10.4 Å². The van der Waals surface area contributed by atoms with E-state index in [4.69, 9.17) is 19.0 Å². The first-order chi connectivity index (χ1) is 16.6. The fraction of sp³-hybridized carbons (Fsp3) is 0.731. The largest absolute Gasteiger partial charge is 0.496 e. The van der Waals surface area contributed by atoms with Gasteiger partial charge in [0.15, 0.2) is 0 Å². The van der Waals surface area contributed by atoms with Crippen molar-refractivity contribution >= 4 is 24.3 Å². The first-order valence-electron chi connectivity index (χ1n) is 13.0.